The number of aliphatic hydroxyl groups excluding tert-OH is 1. The lowest BCUT2D eigenvalue weighted by atomic mass is 9.86. The Labute approximate surface area is 218 Å². The van der Waals surface area contributed by atoms with Gasteiger partial charge in [0.05, 0.1) is 37.6 Å². The maximum atomic E-state index is 9.72. The number of benzene rings is 1. The van der Waals surface area contributed by atoms with Gasteiger partial charge in [0.1, 0.15) is 17.7 Å². The van der Waals surface area contributed by atoms with Crippen molar-refractivity contribution >= 4 is 16.7 Å². The van der Waals surface area contributed by atoms with Crippen LogP contribution in [0.1, 0.15) is 49.1 Å². The fraction of sp³-hybridized carbons (Fsp3) is 0.607. The van der Waals surface area contributed by atoms with Crippen molar-refractivity contribution in [3.05, 3.63) is 41.3 Å². The number of anilines is 1. The molecule has 0 aliphatic carbocycles. The number of ether oxygens (including phenoxy) is 2. The molecule has 3 aliphatic heterocycles. The summed E-state index contributed by atoms with van der Waals surface area (Å²) in [6.45, 7) is 11.6. The zero-order valence-corrected chi connectivity index (χ0v) is 22.1. The fourth-order valence-electron chi connectivity index (χ4n) is 6.38. The highest BCUT2D eigenvalue weighted by atomic mass is 16.5. The van der Waals surface area contributed by atoms with Gasteiger partial charge >= 0.3 is 0 Å². The third-order valence-corrected chi connectivity index (χ3v) is 8.54. The monoisotopic (exact) mass is 506 g/mol. The van der Waals surface area contributed by atoms with Crippen LogP contribution < -0.4 is 4.90 Å². The first-order valence-electron chi connectivity index (χ1n) is 13.7. The Morgan fingerprint density at radius 1 is 1.00 bits per heavy atom. The SMILES string of the molecule is Cc1nc(N2CCO[C@H](CO)[C@@H]2C)cc(-n2ncc3cc(C)c(C4CCN(C5CCOC5)CC4)cc32)n1. The second-order valence-electron chi connectivity index (χ2n) is 10.8. The number of likely N-dealkylation sites (tertiary alicyclic amines) is 1. The van der Waals surface area contributed by atoms with E-state index in [-0.39, 0.29) is 18.8 Å². The van der Waals surface area contributed by atoms with E-state index >= 15 is 0 Å². The normalized spacial score (nSPS) is 25.8. The number of hydrogen-bond acceptors (Lipinski definition) is 8. The number of aromatic nitrogens is 4. The maximum absolute atomic E-state index is 9.72. The molecule has 0 bridgehead atoms. The van der Waals surface area contributed by atoms with Crippen molar-refractivity contribution in [1.82, 2.24) is 24.6 Å². The second-order valence-corrected chi connectivity index (χ2v) is 10.8. The highest BCUT2D eigenvalue weighted by Gasteiger charge is 2.31. The van der Waals surface area contributed by atoms with E-state index in [4.69, 9.17) is 24.5 Å². The van der Waals surface area contributed by atoms with E-state index in [0.29, 0.717) is 24.4 Å². The molecule has 3 aromatic rings. The molecule has 1 N–H and O–H groups in total. The highest BCUT2D eigenvalue weighted by molar-refractivity contribution is 5.82. The number of rotatable bonds is 5. The summed E-state index contributed by atoms with van der Waals surface area (Å²) in [6.07, 6.45) is 5.23. The number of nitrogens with zero attached hydrogens (tertiary/aromatic N) is 6. The molecule has 3 saturated heterocycles. The minimum atomic E-state index is -0.226. The van der Waals surface area contributed by atoms with Crippen molar-refractivity contribution in [2.75, 3.05) is 51.0 Å². The molecule has 0 saturated carbocycles. The second kappa shape index (κ2) is 10.3. The first-order valence-corrected chi connectivity index (χ1v) is 13.7. The molecular formula is C28H38N6O3. The molecule has 6 rings (SSSR count). The van der Waals surface area contributed by atoms with Gasteiger partial charge < -0.3 is 19.5 Å². The van der Waals surface area contributed by atoms with Crippen LogP contribution in [0.25, 0.3) is 16.7 Å². The molecule has 1 aromatic carbocycles. The van der Waals surface area contributed by atoms with E-state index in [2.05, 4.69) is 35.8 Å². The molecular weight excluding hydrogens is 468 g/mol. The maximum Gasteiger partial charge on any atom is 0.159 e. The van der Waals surface area contributed by atoms with Crippen LogP contribution in [0.2, 0.25) is 0 Å². The predicted molar refractivity (Wildman–Crippen MR) is 143 cm³/mol. The molecule has 5 heterocycles. The summed E-state index contributed by atoms with van der Waals surface area (Å²) in [4.78, 5) is 14.3. The summed E-state index contributed by atoms with van der Waals surface area (Å²) in [5.74, 6) is 2.86. The first kappa shape index (κ1) is 24.7. The third-order valence-electron chi connectivity index (χ3n) is 8.54. The third kappa shape index (κ3) is 4.74. The predicted octanol–water partition coefficient (Wildman–Crippen LogP) is 2.99. The fourth-order valence-corrected chi connectivity index (χ4v) is 6.38. The molecule has 3 fully saturated rings. The van der Waals surface area contributed by atoms with E-state index in [1.807, 2.05) is 23.9 Å². The summed E-state index contributed by atoms with van der Waals surface area (Å²) >= 11 is 0. The van der Waals surface area contributed by atoms with Crippen LogP contribution >= 0.6 is 0 Å². The van der Waals surface area contributed by atoms with E-state index in [0.717, 1.165) is 55.4 Å². The Bertz CT molecular complexity index is 1250. The number of hydrogen-bond donors (Lipinski definition) is 1. The number of morpholine rings is 1. The van der Waals surface area contributed by atoms with Crippen molar-refractivity contribution in [3.63, 3.8) is 0 Å². The van der Waals surface area contributed by atoms with Crippen LogP contribution in [-0.2, 0) is 9.47 Å². The number of aryl methyl sites for hydroxylation is 2. The van der Waals surface area contributed by atoms with Crippen LogP contribution in [0.15, 0.2) is 24.4 Å². The van der Waals surface area contributed by atoms with Crippen molar-refractivity contribution in [2.45, 2.75) is 64.1 Å². The number of fused-ring (bicyclic) bond motifs is 1. The Balaban J connectivity index is 1.29. The number of aliphatic hydroxyl groups is 1. The lowest BCUT2D eigenvalue weighted by Gasteiger charge is -2.39. The van der Waals surface area contributed by atoms with Crippen LogP contribution in [0.3, 0.4) is 0 Å². The average Bonchev–Trinajstić information content (AvgIpc) is 3.58. The smallest absolute Gasteiger partial charge is 0.159 e. The van der Waals surface area contributed by atoms with Crippen LogP contribution in [-0.4, -0.2) is 94.0 Å². The van der Waals surface area contributed by atoms with Crippen molar-refractivity contribution < 1.29 is 14.6 Å². The van der Waals surface area contributed by atoms with Gasteiger partial charge in [0.2, 0.25) is 0 Å². The number of piperidine rings is 1. The molecule has 0 spiro atoms. The molecule has 9 nitrogen and oxygen atoms in total. The van der Waals surface area contributed by atoms with Gasteiger partial charge in [-0.25, -0.2) is 14.6 Å². The Hall–Kier alpha value is -2.59. The van der Waals surface area contributed by atoms with Gasteiger partial charge in [-0.1, -0.05) is 0 Å². The van der Waals surface area contributed by atoms with Gasteiger partial charge in [0, 0.05) is 30.6 Å². The summed E-state index contributed by atoms with van der Waals surface area (Å²) in [6, 6.07) is 7.25. The standard InChI is InChI=1S/C28H38N6O3/c1-18-12-22-15-29-34(25(22)13-24(18)21-4-7-32(8-5-21)23-6-10-36-17-23)28-14-27(30-20(3)31-28)33-9-11-37-26(16-35)19(33)2/h12-15,19,21,23,26,35H,4-11,16-17H2,1-3H3/t19-,23?,26+/m0/s1. The quantitative estimate of drug-likeness (QED) is 0.565. The summed E-state index contributed by atoms with van der Waals surface area (Å²) in [5, 5.41) is 15.6. The minimum Gasteiger partial charge on any atom is -0.394 e. The van der Waals surface area contributed by atoms with E-state index < -0.39 is 0 Å². The Morgan fingerprint density at radius 3 is 2.57 bits per heavy atom. The summed E-state index contributed by atoms with van der Waals surface area (Å²) < 4.78 is 13.3. The average molecular weight is 507 g/mol. The summed E-state index contributed by atoms with van der Waals surface area (Å²) in [5.41, 5.74) is 3.85. The van der Waals surface area contributed by atoms with Gasteiger partial charge in [-0.15, -0.1) is 0 Å². The van der Waals surface area contributed by atoms with E-state index in [9.17, 15) is 5.11 Å². The Kier molecular flexibility index (Phi) is 6.88. The van der Waals surface area contributed by atoms with E-state index in [1.54, 1.807) is 0 Å². The molecule has 0 amide bonds. The van der Waals surface area contributed by atoms with Gasteiger partial charge in [-0.3, -0.25) is 4.90 Å². The van der Waals surface area contributed by atoms with Gasteiger partial charge in [0.15, 0.2) is 5.82 Å². The zero-order chi connectivity index (χ0) is 25.5. The van der Waals surface area contributed by atoms with Crippen molar-refractivity contribution in [1.29, 1.82) is 0 Å². The molecule has 0 radical (unpaired) electrons. The molecule has 2 aromatic heterocycles. The molecule has 9 heteroatoms. The van der Waals surface area contributed by atoms with Crippen molar-refractivity contribution in [2.24, 2.45) is 0 Å². The van der Waals surface area contributed by atoms with Crippen molar-refractivity contribution in [3.8, 4) is 5.82 Å². The lowest BCUT2D eigenvalue weighted by Crippen LogP contribution is -2.51. The zero-order valence-electron chi connectivity index (χ0n) is 22.1. The van der Waals surface area contributed by atoms with Gasteiger partial charge in [-0.2, -0.15) is 5.10 Å². The minimum absolute atomic E-state index is 0.00608. The Morgan fingerprint density at radius 2 is 1.81 bits per heavy atom. The molecule has 1 unspecified atom stereocenters. The van der Waals surface area contributed by atoms with Crippen LogP contribution in [0, 0.1) is 13.8 Å². The largest absolute Gasteiger partial charge is 0.394 e. The van der Waals surface area contributed by atoms with E-state index in [1.165, 1.54) is 30.4 Å². The lowest BCUT2D eigenvalue weighted by molar-refractivity contribution is -0.0184. The van der Waals surface area contributed by atoms with Gasteiger partial charge in [-0.05, 0) is 82.3 Å². The molecule has 3 atom stereocenters. The molecule has 3 aliphatic rings. The van der Waals surface area contributed by atoms with Crippen LogP contribution in [0.4, 0.5) is 5.82 Å². The van der Waals surface area contributed by atoms with Gasteiger partial charge in [0.25, 0.3) is 0 Å². The van der Waals surface area contributed by atoms with Crippen LogP contribution in [0.5, 0.6) is 0 Å². The summed E-state index contributed by atoms with van der Waals surface area (Å²) in [7, 11) is 0. The molecule has 37 heavy (non-hydrogen) atoms. The first-order chi connectivity index (χ1) is 18.0. The topological polar surface area (TPSA) is 88.8 Å². The highest BCUT2D eigenvalue weighted by Crippen LogP contribution is 2.35. The molecule has 198 valence electrons.